The van der Waals surface area contributed by atoms with E-state index < -0.39 is 5.63 Å². The van der Waals surface area contributed by atoms with Crippen LogP contribution in [0.25, 0.3) is 22.1 Å². The van der Waals surface area contributed by atoms with Crippen molar-refractivity contribution in [1.29, 1.82) is 0 Å². The van der Waals surface area contributed by atoms with Gasteiger partial charge in [0.1, 0.15) is 5.58 Å². The number of aryl methyl sites for hydroxylation is 1. The number of hydrogen-bond acceptors (Lipinski definition) is 5. The van der Waals surface area contributed by atoms with Crippen molar-refractivity contribution in [3.8, 4) is 11.1 Å². The smallest absolute Gasteiger partial charge is 0.344 e. The molecule has 0 radical (unpaired) electrons. The van der Waals surface area contributed by atoms with E-state index in [4.69, 9.17) is 16.0 Å². The number of carbonyl (C=O) groups excluding carboxylic acids is 2. The molecule has 1 saturated heterocycles. The maximum absolute atomic E-state index is 13.0. The summed E-state index contributed by atoms with van der Waals surface area (Å²) in [6, 6.07) is 29.0. The van der Waals surface area contributed by atoms with Crippen LogP contribution in [0.3, 0.4) is 0 Å². The molecule has 4 aromatic carbocycles. The third-order valence-corrected chi connectivity index (χ3v) is 7.89. The second-order valence-corrected chi connectivity index (χ2v) is 10.7. The molecular weight excluding hydrogens is 550 g/mol. The lowest BCUT2D eigenvalue weighted by atomic mass is 10.0. The van der Waals surface area contributed by atoms with Crippen LogP contribution < -0.4 is 15.8 Å². The standard InChI is InChI=1S/C34H28ClN3O4/c1-22-6-2-4-8-27(22)33(40)38-18-16-37(17-19-38)30-15-14-26(21-29(30)35)36-32(39)24-12-10-23(11-13-24)28-20-25-7-3-5-9-31(25)42-34(28)41/h2-15,20-21H,16-19H2,1H3,(H,36,39). The summed E-state index contributed by atoms with van der Waals surface area (Å²) < 4.78 is 5.44. The van der Waals surface area contributed by atoms with E-state index in [2.05, 4.69) is 10.2 Å². The number of halogens is 1. The summed E-state index contributed by atoms with van der Waals surface area (Å²) in [4.78, 5) is 42.5. The van der Waals surface area contributed by atoms with Crippen LogP contribution in [0.4, 0.5) is 11.4 Å². The molecule has 0 saturated carbocycles. The highest BCUT2D eigenvalue weighted by Gasteiger charge is 2.24. The van der Waals surface area contributed by atoms with Gasteiger partial charge in [-0.15, -0.1) is 0 Å². The number of fused-ring (bicyclic) bond motifs is 1. The van der Waals surface area contributed by atoms with Crippen molar-refractivity contribution in [1.82, 2.24) is 4.90 Å². The monoisotopic (exact) mass is 577 g/mol. The average molecular weight is 578 g/mol. The molecule has 0 spiro atoms. The summed E-state index contributed by atoms with van der Waals surface area (Å²) >= 11 is 6.64. The number of piperazine rings is 1. The Kier molecular flexibility index (Phi) is 7.50. The minimum Gasteiger partial charge on any atom is -0.422 e. The zero-order valence-corrected chi connectivity index (χ0v) is 23.7. The van der Waals surface area contributed by atoms with Gasteiger partial charge in [0.25, 0.3) is 11.8 Å². The van der Waals surface area contributed by atoms with E-state index in [0.717, 1.165) is 22.2 Å². The minimum absolute atomic E-state index is 0.0469. The maximum Gasteiger partial charge on any atom is 0.344 e. The van der Waals surface area contributed by atoms with Crippen molar-refractivity contribution in [2.45, 2.75) is 6.92 Å². The number of para-hydroxylation sites is 1. The number of anilines is 2. The van der Waals surface area contributed by atoms with Gasteiger partial charge in [-0.2, -0.15) is 0 Å². The lowest BCUT2D eigenvalue weighted by Gasteiger charge is -2.36. The minimum atomic E-state index is -0.431. The molecule has 0 bridgehead atoms. The van der Waals surface area contributed by atoms with E-state index in [1.807, 2.05) is 66.4 Å². The predicted octanol–water partition coefficient (Wildman–Crippen LogP) is 6.64. The Morgan fingerprint density at radius 2 is 1.55 bits per heavy atom. The fourth-order valence-electron chi connectivity index (χ4n) is 5.24. The molecule has 2 heterocycles. The first-order valence-corrected chi connectivity index (χ1v) is 14.1. The SMILES string of the molecule is Cc1ccccc1C(=O)N1CCN(c2ccc(NC(=O)c3ccc(-c4cc5ccccc5oc4=O)cc3)cc2Cl)CC1. The summed E-state index contributed by atoms with van der Waals surface area (Å²) in [5.41, 5.74) is 4.78. The van der Waals surface area contributed by atoms with Gasteiger partial charge in [0, 0.05) is 48.4 Å². The zero-order chi connectivity index (χ0) is 29.2. The second kappa shape index (κ2) is 11.5. The third-order valence-electron chi connectivity index (χ3n) is 7.59. The van der Waals surface area contributed by atoms with E-state index in [0.29, 0.717) is 59.2 Å². The Morgan fingerprint density at radius 3 is 2.29 bits per heavy atom. The number of nitrogens with zero attached hydrogens (tertiary/aromatic N) is 2. The van der Waals surface area contributed by atoms with E-state index in [1.165, 1.54) is 0 Å². The first-order chi connectivity index (χ1) is 20.4. The molecule has 1 aliphatic rings. The van der Waals surface area contributed by atoms with E-state index in [1.54, 1.807) is 42.5 Å². The lowest BCUT2D eigenvalue weighted by Crippen LogP contribution is -2.49. The highest BCUT2D eigenvalue weighted by Crippen LogP contribution is 2.30. The van der Waals surface area contributed by atoms with Gasteiger partial charge in [-0.1, -0.05) is 60.1 Å². The van der Waals surface area contributed by atoms with Gasteiger partial charge in [0.2, 0.25) is 0 Å². The lowest BCUT2D eigenvalue weighted by molar-refractivity contribution is 0.0746. The maximum atomic E-state index is 13.0. The van der Waals surface area contributed by atoms with E-state index in [9.17, 15) is 14.4 Å². The van der Waals surface area contributed by atoms with Crippen LogP contribution in [0, 0.1) is 6.92 Å². The van der Waals surface area contributed by atoms with Gasteiger partial charge in [0.05, 0.1) is 16.3 Å². The molecule has 1 aliphatic heterocycles. The highest BCUT2D eigenvalue weighted by molar-refractivity contribution is 6.33. The summed E-state index contributed by atoms with van der Waals surface area (Å²) in [7, 11) is 0. The van der Waals surface area contributed by atoms with Crippen LogP contribution in [-0.2, 0) is 0 Å². The molecule has 210 valence electrons. The Bertz CT molecular complexity index is 1860. The molecule has 7 nitrogen and oxygen atoms in total. The Balaban J connectivity index is 1.09. The molecule has 1 N–H and O–H groups in total. The molecule has 5 aromatic rings. The summed E-state index contributed by atoms with van der Waals surface area (Å²) in [5, 5.41) is 4.24. The molecule has 1 aromatic heterocycles. The highest BCUT2D eigenvalue weighted by atomic mass is 35.5. The van der Waals surface area contributed by atoms with Crippen molar-refractivity contribution >= 4 is 45.8 Å². The topological polar surface area (TPSA) is 82.9 Å². The second-order valence-electron chi connectivity index (χ2n) is 10.3. The van der Waals surface area contributed by atoms with Gasteiger partial charge < -0.3 is 19.5 Å². The van der Waals surface area contributed by atoms with Crippen LogP contribution >= 0.6 is 11.6 Å². The number of amides is 2. The Hall–Kier alpha value is -4.88. The fourth-order valence-corrected chi connectivity index (χ4v) is 5.54. The van der Waals surface area contributed by atoms with Gasteiger partial charge in [0.15, 0.2) is 0 Å². The first kappa shape index (κ1) is 27.3. The molecule has 1 fully saturated rings. The van der Waals surface area contributed by atoms with Crippen molar-refractivity contribution in [2.24, 2.45) is 0 Å². The van der Waals surface area contributed by atoms with Crippen LogP contribution in [0.2, 0.25) is 5.02 Å². The number of carbonyl (C=O) groups is 2. The number of rotatable bonds is 5. The van der Waals surface area contributed by atoms with Crippen LogP contribution in [-0.4, -0.2) is 42.9 Å². The quantitative estimate of drug-likeness (QED) is 0.237. The molecule has 6 rings (SSSR count). The van der Waals surface area contributed by atoms with Crippen LogP contribution in [0.5, 0.6) is 0 Å². The number of nitrogens with one attached hydrogen (secondary N) is 1. The van der Waals surface area contributed by atoms with E-state index in [-0.39, 0.29) is 11.8 Å². The predicted molar refractivity (Wildman–Crippen MR) is 167 cm³/mol. The summed E-state index contributed by atoms with van der Waals surface area (Å²) in [6.07, 6.45) is 0. The zero-order valence-electron chi connectivity index (χ0n) is 23.0. The number of benzene rings is 4. The van der Waals surface area contributed by atoms with Crippen molar-refractivity contribution in [2.75, 3.05) is 36.4 Å². The van der Waals surface area contributed by atoms with Crippen LogP contribution in [0.1, 0.15) is 26.3 Å². The third kappa shape index (κ3) is 5.51. The number of hydrogen-bond donors (Lipinski definition) is 1. The largest absolute Gasteiger partial charge is 0.422 e. The Morgan fingerprint density at radius 1 is 0.833 bits per heavy atom. The van der Waals surface area contributed by atoms with Crippen LogP contribution in [0.15, 0.2) is 106 Å². The van der Waals surface area contributed by atoms with Crippen molar-refractivity contribution in [3.05, 3.63) is 129 Å². The summed E-state index contributed by atoms with van der Waals surface area (Å²) in [5.74, 6) is -0.245. The first-order valence-electron chi connectivity index (χ1n) is 13.7. The average Bonchev–Trinajstić information content (AvgIpc) is 3.01. The molecule has 42 heavy (non-hydrogen) atoms. The van der Waals surface area contributed by atoms with Gasteiger partial charge >= 0.3 is 5.63 Å². The molecule has 0 aliphatic carbocycles. The molecule has 8 heteroatoms. The van der Waals surface area contributed by atoms with Gasteiger partial charge in [-0.3, -0.25) is 9.59 Å². The molecular formula is C34H28ClN3O4. The van der Waals surface area contributed by atoms with Gasteiger partial charge in [-0.25, -0.2) is 4.79 Å². The van der Waals surface area contributed by atoms with Gasteiger partial charge in [-0.05, 0) is 66.6 Å². The molecule has 0 unspecified atom stereocenters. The normalized spacial score (nSPS) is 13.3. The molecule has 0 atom stereocenters. The molecule has 2 amide bonds. The summed E-state index contributed by atoms with van der Waals surface area (Å²) in [6.45, 7) is 4.46. The fraction of sp³-hybridized carbons (Fsp3) is 0.147. The van der Waals surface area contributed by atoms with Crippen molar-refractivity contribution in [3.63, 3.8) is 0 Å². The van der Waals surface area contributed by atoms with Crippen molar-refractivity contribution < 1.29 is 14.0 Å². The van der Waals surface area contributed by atoms with E-state index >= 15 is 0 Å². The Labute approximate surface area is 247 Å².